The lowest BCUT2D eigenvalue weighted by Crippen LogP contribution is -2.05. The minimum Gasteiger partial charge on any atom is -0.464 e. The Labute approximate surface area is 103 Å². The maximum absolute atomic E-state index is 11.3. The van der Waals surface area contributed by atoms with Crippen molar-refractivity contribution in [3.63, 3.8) is 0 Å². The Morgan fingerprint density at radius 2 is 2.17 bits per heavy atom. The van der Waals surface area contributed by atoms with Crippen molar-refractivity contribution in [2.75, 3.05) is 7.11 Å². The fraction of sp³-hybridized carbons (Fsp3) is 0.0833. The number of pyridine rings is 1. The molecule has 0 fully saturated rings. The Morgan fingerprint density at radius 1 is 1.33 bits per heavy atom. The number of nitriles is 1. The molecule has 0 radical (unpaired) electrons. The molecule has 2 aromatic rings. The van der Waals surface area contributed by atoms with Gasteiger partial charge in [0.25, 0.3) is 0 Å². The average molecular weight is 240 g/mol. The fourth-order valence-electron chi connectivity index (χ4n) is 1.32. The van der Waals surface area contributed by atoms with E-state index in [0.717, 1.165) is 0 Å². The molecule has 0 saturated heterocycles. The van der Waals surface area contributed by atoms with Crippen LogP contribution < -0.4 is 0 Å². The molecule has 2 rings (SSSR count). The van der Waals surface area contributed by atoms with Crippen LogP contribution in [0.1, 0.15) is 16.2 Å². The number of aromatic nitrogens is 3. The van der Waals surface area contributed by atoms with E-state index in [2.05, 4.69) is 19.7 Å². The molecule has 0 aliphatic carbocycles. The zero-order valence-corrected chi connectivity index (χ0v) is 9.49. The van der Waals surface area contributed by atoms with Crippen LogP contribution in [0.15, 0.2) is 30.7 Å². The van der Waals surface area contributed by atoms with E-state index in [1.807, 2.05) is 6.07 Å². The fourth-order valence-corrected chi connectivity index (χ4v) is 1.32. The highest BCUT2D eigenvalue weighted by Crippen LogP contribution is 2.15. The Balaban J connectivity index is 2.38. The summed E-state index contributed by atoms with van der Waals surface area (Å²) in [5, 5.41) is 8.65. The number of esters is 1. The maximum Gasteiger partial charge on any atom is 0.358 e. The summed E-state index contributed by atoms with van der Waals surface area (Å²) >= 11 is 0. The van der Waals surface area contributed by atoms with Gasteiger partial charge in [0.1, 0.15) is 11.8 Å². The van der Waals surface area contributed by atoms with Gasteiger partial charge in [-0.15, -0.1) is 0 Å². The largest absolute Gasteiger partial charge is 0.464 e. The minimum absolute atomic E-state index is 0.124. The van der Waals surface area contributed by atoms with Gasteiger partial charge >= 0.3 is 5.97 Å². The van der Waals surface area contributed by atoms with Crippen LogP contribution in [0.4, 0.5) is 0 Å². The lowest BCUT2D eigenvalue weighted by atomic mass is 10.2. The van der Waals surface area contributed by atoms with Gasteiger partial charge in [-0.1, -0.05) is 0 Å². The number of rotatable bonds is 2. The molecule has 18 heavy (non-hydrogen) atoms. The van der Waals surface area contributed by atoms with Crippen LogP contribution in [-0.2, 0) is 4.74 Å². The van der Waals surface area contributed by atoms with E-state index >= 15 is 0 Å². The normalized spacial score (nSPS) is 9.56. The van der Waals surface area contributed by atoms with E-state index in [4.69, 9.17) is 5.26 Å². The van der Waals surface area contributed by atoms with Gasteiger partial charge in [0.2, 0.25) is 0 Å². The van der Waals surface area contributed by atoms with E-state index in [1.54, 1.807) is 12.1 Å². The minimum atomic E-state index is -0.550. The number of hydrogen-bond acceptors (Lipinski definition) is 6. The van der Waals surface area contributed by atoms with Crippen LogP contribution in [0.3, 0.4) is 0 Å². The highest BCUT2D eigenvalue weighted by molar-refractivity contribution is 5.87. The van der Waals surface area contributed by atoms with E-state index < -0.39 is 5.97 Å². The quantitative estimate of drug-likeness (QED) is 0.732. The molecule has 0 atom stereocenters. The molecular weight excluding hydrogens is 232 g/mol. The number of carbonyl (C=O) groups excluding carboxylic acids is 1. The summed E-state index contributed by atoms with van der Waals surface area (Å²) in [4.78, 5) is 23.3. The van der Waals surface area contributed by atoms with Crippen molar-refractivity contribution in [1.82, 2.24) is 15.0 Å². The van der Waals surface area contributed by atoms with Crippen LogP contribution in [-0.4, -0.2) is 28.0 Å². The number of hydrogen-bond donors (Lipinski definition) is 0. The average Bonchev–Trinajstić information content (AvgIpc) is 2.46. The standard InChI is InChI=1S/C12H8N4O2/c1-18-12(17)11-7-14-6-10(16-11)8-2-3-9(4-13)15-5-8/h2-3,5-7H,1H3. The van der Waals surface area contributed by atoms with Crippen LogP contribution in [0.2, 0.25) is 0 Å². The van der Waals surface area contributed by atoms with Crippen molar-refractivity contribution in [2.24, 2.45) is 0 Å². The topological polar surface area (TPSA) is 88.8 Å². The summed E-state index contributed by atoms with van der Waals surface area (Å²) in [5.74, 6) is -0.550. The van der Waals surface area contributed by atoms with Crippen LogP contribution in [0.5, 0.6) is 0 Å². The molecule has 0 amide bonds. The first kappa shape index (κ1) is 11.7. The van der Waals surface area contributed by atoms with Crippen molar-refractivity contribution >= 4 is 5.97 Å². The number of nitrogens with zero attached hydrogens (tertiary/aromatic N) is 4. The predicted octanol–water partition coefficient (Wildman–Crippen LogP) is 1.20. The Kier molecular flexibility index (Phi) is 3.25. The third-order valence-corrected chi connectivity index (χ3v) is 2.20. The zero-order chi connectivity index (χ0) is 13.0. The zero-order valence-electron chi connectivity index (χ0n) is 9.49. The van der Waals surface area contributed by atoms with Crippen LogP contribution >= 0.6 is 0 Å². The molecule has 0 aliphatic heterocycles. The number of ether oxygens (including phenoxy) is 1. The Morgan fingerprint density at radius 3 is 2.78 bits per heavy atom. The van der Waals surface area contributed by atoms with E-state index in [9.17, 15) is 4.79 Å². The molecular formula is C12H8N4O2. The third kappa shape index (κ3) is 2.30. The Bertz CT molecular complexity index is 617. The van der Waals surface area contributed by atoms with Crippen molar-refractivity contribution in [2.45, 2.75) is 0 Å². The molecule has 88 valence electrons. The van der Waals surface area contributed by atoms with Gasteiger partial charge in [0.05, 0.1) is 25.2 Å². The van der Waals surface area contributed by atoms with Gasteiger partial charge < -0.3 is 4.74 Å². The van der Waals surface area contributed by atoms with Crippen molar-refractivity contribution in [1.29, 1.82) is 5.26 Å². The lowest BCUT2D eigenvalue weighted by Gasteiger charge is -2.02. The highest BCUT2D eigenvalue weighted by Gasteiger charge is 2.09. The van der Waals surface area contributed by atoms with Gasteiger partial charge in [-0.3, -0.25) is 4.98 Å². The maximum atomic E-state index is 11.3. The lowest BCUT2D eigenvalue weighted by molar-refractivity contribution is 0.0593. The van der Waals surface area contributed by atoms with Crippen LogP contribution in [0, 0.1) is 11.3 Å². The molecule has 0 unspecified atom stereocenters. The first-order chi connectivity index (χ1) is 8.74. The molecule has 0 N–H and O–H groups in total. The summed E-state index contributed by atoms with van der Waals surface area (Å²) in [5.41, 5.74) is 1.61. The SMILES string of the molecule is COC(=O)c1cncc(-c2ccc(C#N)nc2)n1. The molecule has 0 bridgehead atoms. The van der Waals surface area contributed by atoms with E-state index in [-0.39, 0.29) is 5.69 Å². The van der Waals surface area contributed by atoms with E-state index in [0.29, 0.717) is 17.0 Å². The van der Waals surface area contributed by atoms with Gasteiger partial charge in [-0.2, -0.15) is 5.26 Å². The van der Waals surface area contributed by atoms with Gasteiger partial charge in [0.15, 0.2) is 5.69 Å². The van der Waals surface area contributed by atoms with Crippen molar-refractivity contribution in [3.8, 4) is 17.3 Å². The van der Waals surface area contributed by atoms with Crippen LogP contribution in [0.25, 0.3) is 11.3 Å². The van der Waals surface area contributed by atoms with Crippen molar-refractivity contribution in [3.05, 3.63) is 42.1 Å². The Hall–Kier alpha value is -2.81. The molecule has 6 heteroatoms. The summed E-state index contributed by atoms with van der Waals surface area (Å²) in [6, 6.07) is 5.19. The first-order valence-corrected chi connectivity index (χ1v) is 5.01. The summed E-state index contributed by atoms with van der Waals surface area (Å²) in [6.07, 6.45) is 4.34. The second-order valence-electron chi connectivity index (χ2n) is 3.33. The second-order valence-corrected chi connectivity index (χ2v) is 3.33. The smallest absolute Gasteiger partial charge is 0.358 e. The summed E-state index contributed by atoms with van der Waals surface area (Å²) in [6.45, 7) is 0. The van der Waals surface area contributed by atoms with Gasteiger partial charge in [-0.05, 0) is 12.1 Å². The molecule has 2 aromatic heterocycles. The molecule has 0 spiro atoms. The molecule has 6 nitrogen and oxygen atoms in total. The number of methoxy groups -OCH3 is 1. The third-order valence-electron chi connectivity index (χ3n) is 2.20. The van der Waals surface area contributed by atoms with E-state index in [1.165, 1.54) is 25.7 Å². The molecule has 2 heterocycles. The van der Waals surface area contributed by atoms with Gasteiger partial charge in [0, 0.05) is 11.8 Å². The second kappa shape index (κ2) is 5.01. The number of carbonyl (C=O) groups is 1. The summed E-state index contributed by atoms with van der Waals surface area (Å²) in [7, 11) is 1.28. The monoisotopic (exact) mass is 240 g/mol. The highest BCUT2D eigenvalue weighted by atomic mass is 16.5. The van der Waals surface area contributed by atoms with Gasteiger partial charge in [-0.25, -0.2) is 14.8 Å². The predicted molar refractivity (Wildman–Crippen MR) is 61.3 cm³/mol. The molecule has 0 aliphatic rings. The first-order valence-electron chi connectivity index (χ1n) is 5.01. The molecule has 0 aromatic carbocycles. The van der Waals surface area contributed by atoms with Crippen molar-refractivity contribution < 1.29 is 9.53 Å². The summed E-state index contributed by atoms with van der Waals surface area (Å²) < 4.78 is 4.56. The molecule has 0 saturated carbocycles.